The van der Waals surface area contributed by atoms with Gasteiger partial charge in [0, 0.05) is 19.2 Å². The lowest BCUT2D eigenvalue weighted by Crippen LogP contribution is -2.35. The van der Waals surface area contributed by atoms with E-state index in [0.29, 0.717) is 6.02 Å². The van der Waals surface area contributed by atoms with Crippen LogP contribution in [0, 0.1) is 0 Å². The minimum Gasteiger partial charge on any atom is -0.389 e. The number of rotatable bonds is 7. The van der Waals surface area contributed by atoms with Crippen LogP contribution in [0.2, 0.25) is 0 Å². The number of ether oxygens (including phenoxy) is 1. The van der Waals surface area contributed by atoms with Crippen molar-refractivity contribution < 1.29 is 9.53 Å². The van der Waals surface area contributed by atoms with E-state index < -0.39 is 5.97 Å². The average Bonchev–Trinajstić information content (AvgIpc) is 2.67. The van der Waals surface area contributed by atoms with Gasteiger partial charge in [0.25, 0.3) is 0 Å². The maximum Gasteiger partial charge on any atom is 0.338 e. The summed E-state index contributed by atoms with van der Waals surface area (Å²) in [7, 11) is 0. The van der Waals surface area contributed by atoms with Crippen LogP contribution in [-0.4, -0.2) is 30.0 Å². The van der Waals surface area contributed by atoms with Gasteiger partial charge in [0.05, 0.1) is 5.69 Å². The van der Waals surface area contributed by atoms with Crippen molar-refractivity contribution in [3.63, 3.8) is 0 Å². The van der Waals surface area contributed by atoms with E-state index in [4.69, 9.17) is 4.74 Å². The number of aliphatic imine (C=N–C) groups is 1. The molecule has 0 aliphatic heterocycles. The van der Waals surface area contributed by atoms with Crippen molar-refractivity contribution in [2.75, 3.05) is 13.1 Å². The summed E-state index contributed by atoms with van der Waals surface area (Å²) in [6, 6.07) is 19.6. The van der Waals surface area contributed by atoms with Crippen molar-refractivity contribution in [3.8, 4) is 0 Å². The second-order valence-electron chi connectivity index (χ2n) is 5.88. The van der Waals surface area contributed by atoms with Crippen LogP contribution in [0.25, 0.3) is 6.08 Å². The Bertz CT molecular complexity index is 718. The predicted octanol–water partition coefficient (Wildman–Crippen LogP) is 5.05. The molecule has 0 aliphatic rings. The molecule has 0 saturated heterocycles. The fourth-order valence-electron chi connectivity index (χ4n) is 2.47. The molecule has 2 aromatic carbocycles. The van der Waals surface area contributed by atoms with Crippen LogP contribution >= 0.6 is 0 Å². The lowest BCUT2D eigenvalue weighted by molar-refractivity contribution is -0.130. The van der Waals surface area contributed by atoms with Gasteiger partial charge in [0.1, 0.15) is 0 Å². The van der Waals surface area contributed by atoms with Gasteiger partial charge in [0.15, 0.2) is 0 Å². The van der Waals surface area contributed by atoms with Crippen LogP contribution in [0.5, 0.6) is 0 Å². The van der Waals surface area contributed by atoms with E-state index in [-0.39, 0.29) is 0 Å². The lowest BCUT2D eigenvalue weighted by atomic mass is 10.2. The van der Waals surface area contributed by atoms with Gasteiger partial charge in [0.2, 0.25) is 0 Å². The Morgan fingerprint density at radius 3 is 2.12 bits per heavy atom. The number of nitrogens with zero attached hydrogens (tertiary/aromatic N) is 2. The van der Waals surface area contributed by atoms with Gasteiger partial charge in [-0.05, 0) is 36.6 Å². The fraction of sp³-hybridized carbons (Fsp3) is 0.273. The third kappa shape index (κ3) is 6.55. The summed E-state index contributed by atoms with van der Waals surface area (Å²) in [6.07, 6.45) is 5.08. The third-order valence-electron chi connectivity index (χ3n) is 3.64. The summed E-state index contributed by atoms with van der Waals surface area (Å²) in [4.78, 5) is 18.9. The molecular weight excluding hydrogens is 324 g/mol. The number of hydrogen-bond donors (Lipinski definition) is 0. The normalized spacial score (nSPS) is 11.5. The summed E-state index contributed by atoms with van der Waals surface area (Å²) in [6.45, 7) is 5.77. The molecule has 26 heavy (non-hydrogen) atoms. The Hall–Kier alpha value is -2.88. The van der Waals surface area contributed by atoms with Crippen LogP contribution in [0.3, 0.4) is 0 Å². The molecule has 136 valence electrons. The number of carbonyl (C=O) groups excluding carboxylic acids is 1. The molecule has 0 heterocycles. The summed E-state index contributed by atoms with van der Waals surface area (Å²) >= 11 is 0. The van der Waals surface area contributed by atoms with Crippen LogP contribution in [0.4, 0.5) is 5.69 Å². The monoisotopic (exact) mass is 350 g/mol. The molecule has 0 bridgehead atoms. The summed E-state index contributed by atoms with van der Waals surface area (Å²) in [5.41, 5.74) is 1.71. The maximum absolute atomic E-state index is 12.3. The zero-order valence-corrected chi connectivity index (χ0v) is 15.5. The van der Waals surface area contributed by atoms with E-state index >= 15 is 0 Å². The standard InChI is InChI=1S/C22H26N2O2/c1-3-17-24(18-4-2)22(23-20-13-9-6-10-14-20)26-21(25)16-15-19-11-7-5-8-12-19/h5-16H,3-4,17-18H2,1-2H3/b16-15+,23-22?. The third-order valence-corrected chi connectivity index (χ3v) is 3.64. The topological polar surface area (TPSA) is 41.9 Å². The van der Waals surface area contributed by atoms with Gasteiger partial charge in [-0.3, -0.25) is 0 Å². The van der Waals surface area contributed by atoms with Gasteiger partial charge in [-0.15, -0.1) is 0 Å². The van der Waals surface area contributed by atoms with Gasteiger partial charge in [-0.2, -0.15) is 4.99 Å². The van der Waals surface area contributed by atoms with E-state index in [1.807, 2.05) is 65.6 Å². The van der Waals surface area contributed by atoms with Crippen molar-refractivity contribution in [2.24, 2.45) is 4.99 Å². The first kappa shape index (κ1) is 19.4. The van der Waals surface area contributed by atoms with Crippen LogP contribution in [0.1, 0.15) is 32.3 Å². The number of carbonyl (C=O) groups is 1. The molecule has 0 unspecified atom stereocenters. The average molecular weight is 350 g/mol. The number of amidine groups is 1. The first-order valence-corrected chi connectivity index (χ1v) is 9.06. The SMILES string of the molecule is CCCN(CCC)C(=Nc1ccccc1)OC(=O)/C=C/c1ccccc1. The Morgan fingerprint density at radius 2 is 1.54 bits per heavy atom. The quantitative estimate of drug-likeness (QED) is 0.304. The second-order valence-corrected chi connectivity index (χ2v) is 5.88. The van der Waals surface area contributed by atoms with E-state index in [1.54, 1.807) is 6.08 Å². The molecule has 0 aliphatic carbocycles. The second kappa shape index (κ2) is 10.9. The molecule has 2 rings (SSSR count). The van der Waals surface area contributed by atoms with Crippen LogP contribution in [-0.2, 0) is 9.53 Å². The van der Waals surface area contributed by atoms with Crippen molar-refractivity contribution in [3.05, 3.63) is 72.3 Å². The first-order valence-electron chi connectivity index (χ1n) is 9.06. The minimum atomic E-state index is -0.430. The van der Waals surface area contributed by atoms with Gasteiger partial charge in [-0.25, -0.2) is 4.79 Å². The Morgan fingerprint density at radius 1 is 0.962 bits per heavy atom. The maximum atomic E-state index is 12.3. The highest BCUT2D eigenvalue weighted by Crippen LogP contribution is 2.13. The largest absolute Gasteiger partial charge is 0.389 e. The number of para-hydroxylation sites is 1. The summed E-state index contributed by atoms with van der Waals surface area (Å²) in [5.74, 6) is -0.430. The minimum absolute atomic E-state index is 0.350. The number of benzene rings is 2. The number of esters is 1. The van der Waals surface area contributed by atoms with Crippen LogP contribution < -0.4 is 0 Å². The lowest BCUT2D eigenvalue weighted by Gasteiger charge is -2.23. The van der Waals surface area contributed by atoms with Crippen LogP contribution in [0.15, 0.2) is 71.7 Å². The van der Waals surface area contributed by atoms with E-state index in [9.17, 15) is 4.79 Å². The zero-order valence-electron chi connectivity index (χ0n) is 15.5. The highest BCUT2D eigenvalue weighted by molar-refractivity contribution is 5.96. The molecule has 0 atom stereocenters. The van der Waals surface area contributed by atoms with E-state index in [1.165, 1.54) is 6.08 Å². The van der Waals surface area contributed by atoms with Crippen molar-refractivity contribution in [1.29, 1.82) is 0 Å². The first-order chi connectivity index (χ1) is 12.7. The van der Waals surface area contributed by atoms with Gasteiger partial charge < -0.3 is 9.64 Å². The van der Waals surface area contributed by atoms with Crippen molar-refractivity contribution in [1.82, 2.24) is 4.90 Å². The Labute approximate surface area is 155 Å². The molecule has 0 fully saturated rings. The molecule has 0 amide bonds. The molecule has 0 spiro atoms. The molecule has 0 radical (unpaired) electrons. The molecule has 0 saturated carbocycles. The summed E-state index contributed by atoms with van der Waals surface area (Å²) < 4.78 is 5.59. The van der Waals surface area contributed by atoms with Gasteiger partial charge in [-0.1, -0.05) is 62.4 Å². The molecule has 0 N–H and O–H groups in total. The van der Waals surface area contributed by atoms with Crippen molar-refractivity contribution in [2.45, 2.75) is 26.7 Å². The molecule has 2 aromatic rings. The van der Waals surface area contributed by atoms with Crippen molar-refractivity contribution >= 4 is 23.8 Å². The Kier molecular flexibility index (Phi) is 8.13. The number of hydrogen-bond acceptors (Lipinski definition) is 3. The van der Waals surface area contributed by atoms with E-state index in [2.05, 4.69) is 18.8 Å². The molecule has 4 nitrogen and oxygen atoms in total. The molecular formula is C22H26N2O2. The highest BCUT2D eigenvalue weighted by atomic mass is 16.6. The summed E-state index contributed by atoms with van der Waals surface area (Å²) in [5, 5.41) is 0. The Balaban J connectivity index is 2.18. The molecule has 0 aromatic heterocycles. The highest BCUT2D eigenvalue weighted by Gasteiger charge is 2.15. The van der Waals surface area contributed by atoms with E-state index in [0.717, 1.165) is 37.2 Å². The zero-order chi connectivity index (χ0) is 18.6. The molecule has 4 heteroatoms. The fourth-order valence-corrected chi connectivity index (χ4v) is 2.47. The van der Waals surface area contributed by atoms with Gasteiger partial charge >= 0.3 is 12.0 Å². The predicted molar refractivity (Wildman–Crippen MR) is 107 cm³/mol. The smallest absolute Gasteiger partial charge is 0.338 e.